The van der Waals surface area contributed by atoms with E-state index in [9.17, 15) is 5.11 Å². The smallest absolute Gasteiger partial charge is 0.121 e. The Morgan fingerprint density at radius 2 is 2.07 bits per heavy atom. The summed E-state index contributed by atoms with van der Waals surface area (Å²) in [7, 11) is 0. The Hall–Kier alpha value is -0.500. The van der Waals surface area contributed by atoms with Gasteiger partial charge in [-0.3, -0.25) is 0 Å². The zero-order valence-corrected chi connectivity index (χ0v) is 8.48. The molecular weight excluding hydrogens is 176 g/mol. The van der Waals surface area contributed by atoms with Crippen molar-refractivity contribution < 1.29 is 9.84 Å². The molecule has 0 radical (unpaired) electrons. The number of hydrogen-bond acceptors (Lipinski definition) is 2. The summed E-state index contributed by atoms with van der Waals surface area (Å²) in [6.45, 7) is 0.797. The van der Waals surface area contributed by atoms with Crippen molar-refractivity contribution in [2.24, 2.45) is 17.8 Å². The van der Waals surface area contributed by atoms with Crippen LogP contribution in [0.5, 0.6) is 0 Å². The molecule has 2 heteroatoms. The van der Waals surface area contributed by atoms with Crippen molar-refractivity contribution in [2.75, 3.05) is 6.61 Å². The molecule has 0 aromatic heterocycles. The number of fused-ring (bicyclic) bond motifs is 1. The maximum absolute atomic E-state index is 10.1. The van der Waals surface area contributed by atoms with Gasteiger partial charge >= 0.3 is 0 Å². The lowest BCUT2D eigenvalue weighted by molar-refractivity contribution is 0.0711. The molecule has 0 spiro atoms. The molecule has 3 unspecified atom stereocenters. The van der Waals surface area contributed by atoms with Gasteiger partial charge in [0, 0.05) is 0 Å². The summed E-state index contributed by atoms with van der Waals surface area (Å²) in [4.78, 5) is 0. The molecule has 2 saturated carbocycles. The molecule has 2 aliphatic carbocycles. The second kappa shape index (κ2) is 3.27. The van der Waals surface area contributed by atoms with Crippen LogP contribution >= 0.6 is 0 Å². The predicted molar refractivity (Wildman–Crippen MR) is 53.6 cm³/mol. The quantitative estimate of drug-likeness (QED) is 0.729. The summed E-state index contributed by atoms with van der Waals surface area (Å²) in [6.07, 6.45) is 8.02. The molecular formula is C12H18O2. The number of allylic oxidation sites excluding steroid dienone is 1. The minimum absolute atomic E-state index is 0.286. The Balaban J connectivity index is 1.65. The van der Waals surface area contributed by atoms with Gasteiger partial charge < -0.3 is 9.84 Å². The molecule has 0 aromatic carbocycles. The van der Waals surface area contributed by atoms with Crippen molar-refractivity contribution in [1.29, 1.82) is 0 Å². The fourth-order valence-corrected chi connectivity index (χ4v) is 3.32. The monoisotopic (exact) mass is 194 g/mol. The van der Waals surface area contributed by atoms with Crippen LogP contribution in [0.25, 0.3) is 0 Å². The van der Waals surface area contributed by atoms with Gasteiger partial charge in [-0.1, -0.05) is 6.42 Å². The maximum atomic E-state index is 10.1. The lowest BCUT2D eigenvalue weighted by atomic mass is 10.0. The summed E-state index contributed by atoms with van der Waals surface area (Å²) in [6, 6.07) is 0. The van der Waals surface area contributed by atoms with Gasteiger partial charge in [0.2, 0.25) is 0 Å². The van der Waals surface area contributed by atoms with E-state index >= 15 is 0 Å². The Labute approximate surface area is 85.0 Å². The zero-order valence-electron chi connectivity index (χ0n) is 8.48. The number of aliphatic hydroxyl groups is 1. The average molecular weight is 194 g/mol. The molecule has 2 nitrogen and oxygen atoms in total. The molecule has 1 N–H and O–H groups in total. The highest BCUT2D eigenvalue weighted by Gasteiger charge is 2.56. The van der Waals surface area contributed by atoms with Crippen LogP contribution in [0.15, 0.2) is 11.8 Å². The van der Waals surface area contributed by atoms with Crippen LogP contribution in [0, 0.1) is 17.8 Å². The molecule has 3 aliphatic rings. The highest BCUT2D eigenvalue weighted by molar-refractivity contribution is 5.14. The van der Waals surface area contributed by atoms with Gasteiger partial charge in [-0.15, -0.1) is 0 Å². The molecule has 3 atom stereocenters. The number of aliphatic hydroxyl groups excluding tert-OH is 1. The second-order valence-corrected chi connectivity index (χ2v) is 4.88. The van der Waals surface area contributed by atoms with Gasteiger partial charge in [0.1, 0.15) is 11.9 Å². The molecule has 3 rings (SSSR count). The van der Waals surface area contributed by atoms with Crippen LogP contribution in [0.4, 0.5) is 0 Å². The van der Waals surface area contributed by atoms with Gasteiger partial charge in [-0.2, -0.15) is 0 Å². The van der Waals surface area contributed by atoms with Crippen LogP contribution in [0.2, 0.25) is 0 Å². The normalized spacial score (nSPS) is 42.4. The molecule has 0 amide bonds. The van der Waals surface area contributed by atoms with E-state index in [1.54, 1.807) is 0 Å². The molecule has 14 heavy (non-hydrogen) atoms. The van der Waals surface area contributed by atoms with E-state index in [-0.39, 0.29) is 6.10 Å². The summed E-state index contributed by atoms with van der Waals surface area (Å²) >= 11 is 0. The standard InChI is InChI=1S/C12H18O2/c13-12(10-6-1-2-7-14-10)11-8-4-3-5-9(8)11/h6,8-9,11-13H,1-5,7H2. The van der Waals surface area contributed by atoms with Crippen LogP contribution in [-0.2, 0) is 4.74 Å². The number of hydrogen-bond donors (Lipinski definition) is 1. The molecule has 1 aliphatic heterocycles. The first-order chi connectivity index (χ1) is 6.88. The SMILES string of the molecule is OC(C1=CCCCO1)C1C2CCCC21. The van der Waals surface area contributed by atoms with Crippen molar-refractivity contribution in [3.63, 3.8) is 0 Å². The van der Waals surface area contributed by atoms with Crippen LogP contribution in [0.1, 0.15) is 32.1 Å². The second-order valence-electron chi connectivity index (χ2n) is 4.88. The number of rotatable bonds is 2. The Morgan fingerprint density at radius 3 is 2.71 bits per heavy atom. The van der Waals surface area contributed by atoms with Crippen molar-refractivity contribution in [1.82, 2.24) is 0 Å². The third-order valence-corrected chi connectivity index (χ3v) is 4.09. The maximum Gasteiger partial charge on any atom is 0.121 e. The first kappa shape index (κ1) is 8.78. The largest absolute Gasteiger partial charge is 0.495 e. The van der Waals surface area contributed by atoms with E-state index in [2.05, 4.69) is 6.08 Å². The summed E-state index contributed by atoms with van der Waals surface area (Å²) in [5, 5.41) is 10.1. The summed E-state index contributed by atoms with van der Waals surface area (Å²) in [5.74, 6) is 3.04. The van der Waals surface area contributed by atoms with E-state index < -0.39 is 0 Å². The van der Waals surface area contributed by atoms with E-state index in [1.807, 2.05) is 0 Å². The topological polar surface area (TPSA) is 29.5 Å². The molecule has 1 heterocycles. The fraction of sp³-hybridized carbons (Fsp3) is 0.833. The van der Waals surface area contributed by atoms with Gasteiger partial charge in [-0.05, 0) is 49.5 Å². The molecule has 0 aromatic rings. The predicted octanol–water partition coefficient (Wildman–Crippen LogP) is 2.09. The van der Waals surface area contributed by atoms with Crippen LogP contribution < -0.4 is 0 Å². The summed E-state index contributed by atoms with van der Waals surface area (Å²) in [5.41, 5.74) is 0. The minimum Gasteiger partial charge on any atom is -0.495 e. The lowest BCUT2D eigenvalue weighted by Crippen LogP contribution is -2.20. The Kier molecular flexibility index (Phi) is 2.05. The average Bonchev–Trinajstić information content (AvgIpc) is 2.72. The minimum atomic E-state index is -0.286. The Bertz CT molecular complexity index is 249. The fourth-order valence-electron chi connectivity index (χ4n) is 3.32. The van der Waals surface area contributed by atoms with E-state index in [1.165, 1.54) is 19.3 Å². The lowest BCUT2D eigenvalue weighted by Gasteiger charge is -2.20. The third kappa shape index (κ3) is 1.28. The van der Waals surface area contributed by atoms with Gasteiger partial charge in [-0.25, -0.2) is 0 Å². The molecule has 78 valence electrons. The molecule has 0 saturated heterocycles. The van der Waals surface area contributed by atoms with E-state index in [0.29, 0.717) is 5.92 Å². The Morgan fingerprint density at radius 1 is 1.29 bits per heavy atom. The van der Waals surface area contributed by atoms with Gasteiger partial charge in [0.15, 0.2) is 0 Å². The third-order valence-electron chi connectivity index (χ3n) is 4.09. The summed E-state index contributed by atoms with van der Waals surface area (Å²) < 4.78 is 5.52. The number of ether oxygens (including phenoxy) is 1. The zero-order chi connectivity index (χ0) is 9.54. The highest BCUT2D eigenvalue weighted by Crippen LogP contribution is 2.59. The highest BCUT2D eigenvalue weighted by atomic mass is 16.5. The first-order valence-corrected chi connectivity index (χ1v) is 5.89. The van der Waals surface area contributed by atoms with Gasteiger partial charge in [0.25, 0.3) is 0 Å². The van der Waals surface area contributed by atoms with Crippen molar-refractivity contribution >= 4 is 0 Å². The van der Waals surface area contributed by atoms with Crippen molar-refractivity contribution in [3.8, 4) is 0 Å². The van der Waals surface area contributed by atoms with E-state index in [0.717, 1.165) is 37.0 Å². The molecule has 0 bridgehead atoms. The van der Waals surface area contributed by atoms with Gasteiger partial charge in [0.05, 0.1) is 6.61 Å². The van der Waals surface area contributed by atoms with Crippen LogP contribution in [-0.4, -0.2) is 17.8 Å². The first-order valence-electron chi connectivity index (χ1n) is 5.89. The van der Waals surface area contributed by atoms with E-state index in [4.69, 9.17) is 4.74 Å². The van der Waals surface area contributed by atoms with Crippen molar-refractivity contribution in [2.45, 2.75) is 38.2 Å². The van der Waals surface area contributed by atoms with Crippen LogP contribution in [0.3, 0.4) is 0 Å². The molecule has 2 fully saturated rings. The van der Waals surface area contributed by atoms with Crippen molar-refractivity contribution in [3.05, 3.63) is 11.8 Å².